The molecule has 0 bridgehead atoms. The molecular weight excluding hydrogens is 233 g/mol. The Bertz CT molecular complexity index is 524. The summed E-state index contributed by atoms with van der Waals surface area (Å²) in [6.45, 7) is 0. The van der Waals surface area contributed by atoms with Crippen LogP contribution >= 0.6 is 0 Å². The molecule has 7 heteroatoms. The minimum absolute atomic E-state index is 0.108. The smallest absolute Gasteiger partial charge is 0.328 e. The Balaban J connectivity index is 3.38. The number of carboxylic acid groups (broad SMARTS) is 1. The van der Waals surface area contributed by atoms with Gasteiger partial charge in [-0.05, 0) is 12.1 Å². The Kier molecular flexibility index (Phi) is 3.66. The van der Waals surface area contributed by atoms with Gasteiger partial charge in [-0.15, -0.1) is 0 Å². The predicted octanol–water partition coefficient (Wildman–Crippen LogP) is 1.64. The number of benzene rings is 1. The van der Waals surface area contributed by atoms with Gasteiger partial charge in [-0.25, -0.2) is 4.79 Å². The lowest BCUT2D eigenvalue weighted by atomic mass is 10.1. The third-order valence-electron chi connectivity index (χ3n) is 1.84. The maximum absolute atomic E-state index is 13.5. The third kappa shape index (κ3) is 2.94. The second kappa shape index (κ2) is 4.97. The van der Waals surface area contributed by atoms with Gasteiger partial charge in [0.1, 0.15) is 6.29 Å². The molecule has 0 aliphatic rings. The summed E-state index contributed by atoms with van der Waals surface area (Å²) >= 11 is 0. The Morgan fingerprint density at radius 3 is 2.59 bits per heavy atom. The van der Waals surface area contributed by atoms with Crippen LogP contribution < -0.4 is 0 Å². The number of carboxylic acids is 1. The lowest BCUT2D eigenvalue weighted by Gasteiger charge is -2.00. The van der Waals surface area contributed by atoms with Gasteiger partial charge in [0.15, 0.2) is 0 Å². The highest BCUT2D eigenvalue weighted by atomic mass is 19.1. The van der Waals surface area contributed by atoms with Crippen molar-refractivity contribution >= 4 is 24.0 Å². The lowest BCUT2D eigenvalue weighted by molar-refractivity contribution is -0.387. The van der Waals surface area contributed by atoms with Crippen molar-refractivity contribution in [3.63, 3.8) is 0 Å². The quantitative estimate of drug-likeness (QED) is 0.373. The van der Waals surface area contributed by atoms with Gasteiger partial charge >= 0.3 is 11.7 Å². The van der Waals surface area contributed by atoms with E-state index in [4.69, 9.17) is 5.11 Å². The van der Waals surface area contributed by atoms with E-state index in [0.717, 1.165) is 18.2 Å². The highest BCUT2D eigenvalue weighted by Gasteiger charge is 2.18. The van der Waals surface area contributed by atoms with Crippen molar-refractivity contribution in [1.29, 1.82) is 0 Å². The normalized spacial score (nSPS) is 10.4. The summed E-state index contributed by atoms with van der Waals surface area (Å²) in [5.41, 5.74) is -1.31. The van der Waals surface area contributed by atoms with Gasteiger partial charge < -0.3 is 5.11 Å². The lowest BCUT2D eigenvalue weighted by Crippen LogP contribution is -1.98. The predicted molar refractivity (Wildman–Crippen MR) is 55.1 cm³/mol. The monoisotopic (exact) mass is 239 g/mol. The topological polar surface area (TPSA) is 97.5 Å². The van der Waals surface area contributed by atoms with E-state index in [1.165, 1.54) is 0 Å². The summed E-state index contributed by atoms with van der Waals surface area (Å²) in [5, 5.41) is 18.8. The molecule has 0 heterocycles. The number of aldehydes is 1. The molecule has 0 saturated carbocycles. The molecule has 17 heavy (non-hydrogen) atoms. The fourth-order valence-electron chi connectivity index (χ4n) is 1.14. The van der Waals surface area contributed by atoms with Gasteiger partial charge in [0.05, 0.1) is 4.92 Å². The molecule has 1 rings (SSSR count). The molecule has 0 aromatic heterocycles. The number of carbonyl (C=O) groups excluding carboxylic acids is 1. The molecule has 0 saturated heterocycles. The Hall–Kier alpha value is -2.57. The van der Waals surface area contributed by atoms with Crippen LogP contribution in [0.4, 0.5) is 10.1 Å². The van der Waals surface area contributed by atoms with E-state index in [2.05, 4.69) is 0 Å². The number of rotatable bonds is 4. The van der Waals surface area contributed by atoms with Gasteiger partial charge in [0, 0.05) is 23.3 Å². The van der Waals surface area contributed by atoms with Crippen LogP contribution in [0.1, 0.15) is 15.9 Å². The van der Waals surface area contributed by atoms with Crippen LogP contribution in [0, 0.1) is 15.9 Å². The van der Waals surface area contributed by atoms with E-state index < -0.39 is 22.4 Å². The molecule has 0 unspecified atom stereocenters. The molecule has 0 amide bonds. The highest BCUT2D eigenvalue weighted by molar-refractivity contribution is 5.86. The minimum atomic E-state index is -1.33. The first-order valence-corrected chi connectivity index (χ1v) is 4.30. The van der Waals surface area contributed by atoms with Gasteiger partial charge in [0.25, 0.3) is 0 Å². The summed E-state index contributed by atoms with van der Waals surface area (Å²) in [4.78, 5) is 30.2. The van der Waals surface area contributed by atoms with Crippen LogP contribution in [0.3, 0.4) is 0 Å². The summed E-state index contributed by atoms with van der Waals surface area (Å²) < 4.78 is 13.5. The van der Waals surface area contributed by atoms with Crippen molar-refractivity contribution < 1.29 is 24.0 Å². The number of aliphatic carboxylic acids is 1. The molecule has 0 fully saturated rings. The first-order valence-electron chi connectivity index (χ1n) is 4.30. The summed E-state index contributed by atoms with van der Waals surface area (Å²) in [6, 6.07) is 1.80. The summed E-state index contributed by atoms with van der Waals surface area (Å²) in [6.07, 6.45) is 1.78. The first kappa shape index (κ1) is 12.5. The summed E-state index contributed by atoms with van der Waals surface area (Å²) in [5.74, 6) is -2.51. The maximum Gasteiger partial charge on any atom is 0.328 e. The second-order valence-corrected chi connectivity index (χ2v) is 2.99. The number of nitrogens with zero attached hydrogens (tertiary/aromatic N) is 1. The van der Waals surface area contributed by atoms with Crippen LogP contribution in [-0.4, -0.2) is 22.3 Å². The Morgan fingerprint density at radius 1 is 1.47 bits per heavy atom. The van der Waals surface area contributed by atoms with Crippen LogP contribution in [0.15, 0.2) is 18.2 Å². The molecule has 1 N–H and O–H groups in total. The van der Waals surface area contributed by atoms with E-state index in [1.54, 1.807) is 0 Å². The zero-order valence-corrected chi connectivity index (χ0v) is 8.29. The van der Waals surface area contributed by atoms with Crippen LogP contribution in [0.2, 0.25) is 0 Å². The average molecular weight is 239 g/mol. The SMILES string of the molecule is O=Cc1cc(/C=C/C(=O)O)c(F)c([N+](=O)[O-])c1. The van der Waals surface area contributed by atoms with E-state index in [9.17, 15) is 24.1 Å². The largest absolute Gasteiger partial charge is 0.478 e. The fraction of sp³-hybridized carbons (Fsp3) is 0. The molecule has 1 aromatic rings. The molecule has 0 aliphatic heterocycles. The molecule has 1 aromatic carbocycles. The van der Waals surface area contributed by atoms with Crippen LogP contribution in [0.25, 0.3) is 6.08 Å². The standard InChI is InChI=1S/C10H6FNO5/c11-10-7(1-2-9(14)15)3-6(5-13)4-8(10)12(16)17/h1-5H,(H,14,15)/b2-1+. The molecule has 6 nitrogen and oxygen atoms in total. The van der Waals surface area contributed by atoms with Crippen molar-refractivity contribution in [3.05, 3.63) is 45.3 Å². The Labute approximate surface area is 94.1 Å². The molecule has 0 atom stereocenters. The average Bonchev–Trinajstić information content (AvgIpc) is 2.27. The fourth-order valence-corrected chi connectivity index (χ4v) is 1.14. The third-order valence-corrected chi connectivity index (χ3v) is 1.84. The van der Waals surface area contributed by atoms with E-state index in [1.807, 2.05) is 0 Å². The number of carbonyl (C=O) groups is 2. The van der Waals surface area contributed by atoms with E-state index in [0.29, 0.717) is 12.4 Å². The second-order valence-electron chi connectivity index (χ2n) is 2.99. The molecular formula is C10H6FNO5. The van der Waals surface area contributed by atoms with Gasteiger partial charge in [0.2, 0.25) is 5.82 Å². The highest BCUT2D eigenvalue weighted by Crippen LogP contribution is 2.23. The van der Waals surface area contributed by atoms with Crippen molar-refractivity contribution in [3.8, 4) is 0 Å². The number of halogens is 1. The Morgan fingerprint density at radius 2 is 2.12 bits per heavy atom. The molecule has 0 aliphatic carbocycles. The van der Waals surface area contributed by atoms with Crippen molar-refractivity contribution in [2.75, 3.05) is 0 Å². The van der Waals surface area contributed by atoms with Gasteiger partial charge in [-0.2, -0.15) is 4.39 Å². The number of nitro benzene ring substituents is 1. The molecule has 0 spiro atoms. The van der Waals surface area contributed by atoms with Crippen LogP contribution in [0.5, 0.6) is 0 Å². The zero-order valence-electron chi connectivity index (χ0n) is 8.29. The number of nitro groups is 1. The number of hydrogen-bond donors (Lipinski definition) is 1. The molecule has 88 valence electrons. The maximum atomic E-state index is 13.5. The number of hydrogen-bond acceptors (Lipinski definition) is 4. The van der Waals surface area contributed by atoms with Crippen molar-refractivity contribution in [1.82, 2.24) is 0 Å². The van der Waals surface area contributed by atoms with Crippen LogP contribution in [-0.2, 0) is 4.79 Å². The zero-order chi connectivity index (χ0) is 13.0. The van der Waals surface area contributed by atoms with E-state index in [-0.39, 0.29) is 11.1 Å². The summed E-state index contributed by atoms with van der Waals surface area (Å²) in [7, 11) is 0. The van der Waals surface area contributed by atoms with Crippen molar-refractivity contribution in [2.45, 2.75) is 0 Å². The van der Waals surface area contributed by atoms with Crippen molar-refractivity contribution in [2.24, 2.45) is 0 Å². The van der Waals surface area contributed by atoms with Gasteiger partial charge in [-0.1, -0.05) is 0 Å². The first-order chi connectivity index (χ1) is 7.95. The van der Waals surface area contributed by atoms with Gasteiger partial charge in [-0.3, -0.25) is 14.9 Å². The molecule has 0 radical (unpaired) electrons. The minimum Gasteiger partial charge on any atom is -0.478 e. The van der Waals surface area contributed by atoms with E-state index >= 15 is 0 Å².